The molecule has 0 amide bonds. The number of nitrogens with one attached hydrogen (secondary N) is 1. The largest absolute Gasteiger partial charge is 0.366 e. The molecule has 1 aromatic heterocycles. The highest BCUT2D eigenvalue weighted by Gasteiger charge is 2.25. The SMILES string of the molecule is CNC(=S)N1CCCCC[C@H]1c1cccn1C. The molecule has 0 aliphatic carbocycles. The van der Waals surface area contributed by atoms with Crippen LogP contribution in [0.1, 0.15) is 37.4 Å². The molecule has 2 heterocycles. The average molecular weight is 251 g/mol. The predicted octanol–water partition coefficient (Wildman–Crippen LogP) is 2.45. The molecule has 0 spiro atoms. The molecule has 3 nitrogen and oxygen atoms in total. The van der Waals surface area contributed by atoms with Crippen LogP contribution < -0.4 is 5.32 Å². The summed E-state index contributed by atoms with van der Waals surface area (Å²) in [5.41, 5.74) is 1.37. The number of nitrogens with zero attached hydrogens (tertiary/aromatic N) is 2. The highest BCUT2D eigenvalue weighted by atomic mass is 32.1. The third-order valence-corrected chi connectivity index (χ3v) is 3.99. The van der Waals surface area contributed by atoms with Crippen molar-refractivity contribution in [2.75, 3.05) is 13.6 Å². The van der Waals surface area contributed by atoms with Gasteiger partial charge in [-0.05, 0) is 37.2 Å². The second kappa shape index (κ2) is 5.54. The summed E-state index contributed by atoms with van der Waals surface area (Å²) in [5, 5.41) is 4.00. The lowest BCUT2D eigenvalue weighted by Crippen LogP contribution is -2.40. The van der Waals surface area contributed by atoms with Crippen molar-refractivity contribution in [2.24, 2.45) is 7.05 Å². The van der Waals surface area contributed by atoms with E-state index in [1.54, 1.807) is 0 Å². The van der Waals surface area contributed by atoms with Gasteiger partial charge in [0.1, 0.15) is 0 Å². The fourth-order valence-electron chi connectivity index (χ4n) is 2.62. The quantitative estimate of drug-likeness (QED) is 0.774. The Hall–Kier alpha value is -1.03. The minimum absolute atomic E-state index is 0.428. The maximum atomic E-state index is 5.44. The molecule has 4 heteroatoms. The van der Waals surface area contributed by atoms with Crippen molar-refractivity contribution in [3.8, 4) is 0 Å². The molecular formula is C13H21N3S. The van der Waals surface area contributed by atoms with E-state index in [1.807, 2.05) is 7.05 Å². The van der Waals surface area contributed by atoms with Crippen molar-refractivity contribution in [3.05, 3.63) is 24.0 Å². The molecule has 17 heavy (non-hydrogen) atoms. The second-order valence-electron chi connectivity index (χ2n) is 4.66. The van der Waals surface area contributed by atoms with E-state index in [0.717, 1.165) is 11.7 Å². The van der Waals surface area contributed by atoms with Crippen LogP contribution in [0, 0.1) is 0 Å². The molecule has 1 saturated heterocycles. The Balaban J connectivity index is 2.26. The lowest BCUT2D eigenvalue weighted by Gasteiger charge is -2.32. The zero-order valence-corrected chi connectivity index (χ0v) is 11.5. The van der Waals surface area contributed by atoms with E-state index in [9.17, 15) is 0 Å². The number of likely N-dealkylation sites (tertiary alicyclic amines) is 1. The molecule has 1 aromatic rings. The van der Waals surface area contributed by atoms with Crippen molar-refractivity contribution >= 4 is 17.3 Å². The molecule has 2 rings (SSSR count). The molecule has 1 N–H and O–H groups in total. The van der Waals surface area contributed by atoms with Crippen molar-refractivity contribution in [3.63, 3.8) is 0 Å². The minimum Gasteiger partial charge on any atom is -0.366 e. The van der Waals surface area contributed by atoms with E-state index in [-0.39, 0.29) is 0 Å². The van der Waals surface area contributed by atoms with Crippen molar-refractivity contribution < 1.29 is 0 Å². The highest BCUT2D eigenvalue weighted by molar-refractivity contribution is 7.80. The maximum absolute atomic E-state index is 5.44. The Morgan fingerprint density at radius 1 is 1.41 bits per heavy atom. The monoisotopic (exact) mass is 251 g/mol. The van der Waals surface area contributed by atoms with E-state index < -0.39 is 0 Å². The van der Waals surface area contributed by atoms with E-state index in [0.29, 0.717) is 6.04 Å². The number of rotatable bonds is 1. The van der Waals surface area contributed by atoms with Crippen LogP contribution >= 0.6 is 12.2 Å². The summed E-state index contributed by atoms with van der Waals surface area (Å²) in [6.07, 6.45) is 7.14. The highest BCUT2D eigenvalue weighted by Crippen LogP contribution is 2.30. The van der Waals surface area contributed by atoms with Gasteiger partial charge in [-0.25, -0.2) is 0 Å². The summed E-state index contributed by atoms with van der Waals surface area (Å²) in [6, 6.07) is 4.75. The maximum Gasteiger partial charge on any atom is 0.169 e. The first kappa shape index (κ1) is 12.4. The number of thiocarbonyl (C=S) groups is 1. The van der Waals surface area contributed by atoms with Gasteiger partial charge in [-0.15, -0.1) is 0 Å². The second-order valence-corrected chi connectivity index (χ2v) is 5.04. The molecule has 1 fully saturated rings. The van der Waals surface area contributed by atoms with Crippen LogP contribution in [0.25, 0.3) is 0 Å². The zero-order chi connectivity index (χ0) is 12.3. The Morgan fingerprint density at radius 3 is 2.88 bits per heavy atom. The fourth-order valence-corrected chi connectivity index (χ4v) is 2.84. The van der Waals surface area contributed by atoms with Crippen LogP contribution in [0.15, 0.2) is 18.3 Å². The van der Waals surface area contributed by atoms with Gasteiger partial charge in [0.2, 0.25) is 0 Å². The molecular weight excluding hydrogens is 230 g/mol. The van der Waals surface area contributed by atoms with Gasteiger partial charge in [0, 0.05) is 32.5 Å². The Morgan fingerprint density at radius 2 is 2.24 bits per heavy atom. The number of aryl methyl sites for hydroxylation is 1. The number of hydrogen-bond donors (Lipinski definition) is 1. The molecule has 0 unspecified atom stereocenters. The van der Waals surface area contributed by atoms with Crippen LogP contribution in [0.3, 0.4) is 0 Å². The smallest absolute Gasteiger partial charge is 0.169 e. The van der Waals surface area contributed by atoms with Crippen LogP contribution in [0.4, 0.5) is 0 Å². The lowest BCUT2D eigenvalue weighted by atomic mass is 10.1. The van der Waals surface area contributed by atoms with Crippen molar-refractivity contribution in [2.45, 2.75) is 31.7 Å². The first-order valence-electron chi connectivity index (χ1n) is 6.33. The summed E-state index contributed by atoms with van der Waals surface area (Å²) in [7, 11) is 4.02. The van der Waals surface area contributed by atoms with Gasteiger partial charge in [-0.2, -0.15) is 0 Å². The standard InChI is InChI=1S/C13H21N3S/c1-14-13(17)16-10-5-3-4-7-12(16)11-8-6-9-15(11)2/h6,8-9,12H,3-5,7,10H2,1-2H3,(H,14,17)/t12-/m0/s1. The molecule has 0 bridgehead atoms. The van der Waals surface area contributed by atoms with Crippen LogP contribution in [-0.2, 0) is 7.05 Å². The predicted molar refractivity (Wildman–Crippen MR) is 75.0 cm³/mol. The average Bonchev–Trinajstić information content (AvgIpc) is 2.63. The fraction of sp³-hybridized carbons (Fsp3) is 0.615. The Kier molecular flexibility index (Phi) is 4.05. The van der Waals surface area contributed by atoms with Gasteiger partial charge in [-0.3, -0.25) is 0 Å². The van der Waals surface area contributed by atoms with Gasteiger partial charge < -0.3 is 14.8 Å². The normalized spacial score (nSPS) is 21.1. The van der Waals surface area contributed by atoms with E-state index in [1.165, 1.54) is 31.4 Å². The Labute approximate surface area is 109 Å². The first-order chi connectivity index (χ1) is 8.24. The summed E-state index contributed by atoms with van der Waals surface area (Å²) >= 11 is 5.44. The van der Waals surface area contributed by atoms with Crippen LogP contribution in [0.2, 0.25) is 0 Å². The molecule has 0 saturated carbocycles. The summed E-state index contributed by atoms with van der Waals surface area (Å²) in [5.74, 6) is 0. The van der Waals surface area contributed by atoms with E-state index in [4.69, 9.17) is 12.2 Å². The Bertz CT molecular complexity index is 386. The molecule has 94 valence electrons. The third-order valence-electron chi connectivity index (χ3n) is 3.55. The van der Waals surface area contributed by atoms with Gasteiger partial charge >= 0.3 is 0 Å². The first-order valence-corrected chi connectivity index (χ1v) is 6.74. The zero-order valence-electron chi connectivity index (χ0n) is 10.6. The number of hydrogen-bond acceptors (Lipinski definition) is 1. The summed E-state index contributed by atoms with van der Waals surface area (Å²) in [4.78, 5) is 2.34. The van der Waals surface area contributed by atoms with Crippen LogP contribution in [-0.4, -0.2) is 28.2 Å². The molecule has 1 atom stereocenters. The molecule has 1 aliphatic rings. The number of aromatic nitrogens is 1. The lowest BCUT2D eigenvalue weighted by molar-refractivity contribution is 0.308. The molecule has 0 aromatic carbocycles. The molecule has 1 aliphatic heterocycles. The topological polar surface area (TPSA) is 20.2 Å². The summed E-state index contributed by atoms with van der Waals surface area (Å²) in [6.45, 7) is 1.06. The van der Waals surface area contributed by atoms with E-state index >= 15 is 0 Å². The van der Waals surface area contributed by atoms with E-state index in [2.05, 4.69) is 40.2 Å². The van der Waals surface area contributed by atoms with Gasteiger partial charge in [0.25, 0.3) is 0 Å². The summed E-state index contributed by atoms with van der Waals surface area (Å²) < 4.78 is 2.21. The van der Waals surface area contributed by atoms with Crippen molar-refractivity contribution in [1.82, 2.24) is 14.8 Å². The molecule has 0 radical (unpaired) electrons. The van der Waals surface area contributed by atoms with Crippen LogP contribution in [0.5, 0.6) is 0 Å². The minimum atomic E-state index is 0.428. The van der Waals surface area contributed by atoms with Crippen molar-refractivity contribution in [1.29, 1.82) is 0 Å². The van der Waals surface area contributed by atoms with Gasteiger partial charge in [-0.1, -0.05) is 12.8 Å². The van der Waals surface area contributed by atoms with Gasteiger partial charge in [0.15, 0.2) is 5.11 Å². The third kappa shape index (κ3) is 2.63. The van der Waals surface area contributed by atoms with Gasteiger partial charge in [0.05, 0.1) is 6.04 Å².